The van der Waals surface area contributed by atoms with E-state index in [-0.39, 0.29) is 5.91 Å². The number of hydrogen-bond donors (Lipinski definition) is 1. The summed E-state index contributed by atoms with van der Waals surface area (Å²) in [5.74, 6) is 0.253. The molecule has 0 saturated carbocycles. The Bertz CT molecular complexity index is 1080. The summed E-state index contributed by atoms with van der Waals surface area (Å²) in [6, 6.07) is 5.78. The van der Waals surface area contributed by atoms with E-state index in [1.54, 1.807) is 24.5 Å². The van der Waals surface area contributed by atoms with E-state index in [4.69, 9.17) is 0 Å². The number of nitrogens with one attached hydrogen (secondary N) is 1. The van der Waals surface area contributed by atoms with Crippen molar-refractivity contribution in [2.45, 2.75) is 6.18 Å². The van der Waals surface area contributed by atoms with Crippen molar-refractivity contribution in [1.82, 2.24) is 24.8 Å². The third-order valence-corrected chi connectivity index (χ3v) is 5.19. The molecule has 0 spiro atoms. The summed E-state index contributed by atoms with van der Waals surface area (Å²) in [4.78, 5) is 28.7. The zero-order chi connectivity index (χ0) is 22.0. The number of fused-ring (bicyclic) bond motifs is 1. The first kappa shape index (κ1) is 21.1. The van der Waals surface area contributed by atoms with Crippen LogP contribution in [0.4, 0.5) is 19.0 Å². The molecule has 0 radical (unpaired) electrons. The smallest absolute Gasteiger partial charge is 0.310 e. The summed E-state index contributed by atoms with van der Waals surface area (Å²) in [6.07, 6.45) is -0.204. The van der Waals surface area contributed by atoms with Gasteiger partial charge in [-0.1, -0.05) is 6.07 Å². The van der Waals surface area contributed by atoms with Crippen molar-refractivity contribution >= 4 is 22.6 Å². The molecule has 10 heteroatoms. The number of halogens is 3. The fourth-order valence-corrected chi connectivity index (χ4v) is 3.38. The predicted molar refractivity (Wildman–Crippen MR) is 110 cm³/mol. The molecule has 1 fully saturated rings. The topological polar surface area (TPSA) is 74.2 Å². The Morgan fingerprint density at radius 3 is 2.42 bits per heavy atom. The van der Waals surface area contributed by atoms with Crippen molar-refractivity contribution in [3.05, 3.63) is 48.5 Å². The number of amides is 1. The van der Waals surface area contributed by atoms with E-state index in [2.05, 4.69) is 37.1 Å². The van der Waals surface area contributed by atoms with Crippen LogP contribution in [-0.4, -0.2) is 70.4 Å². The maximum Gasteiger partial charge on any atom is 0.433 e. The van der Waals surface area contributed by atoms with Crippen molar-refractivity contribution in [2.75, 3.05) is 45.1 Å². The lowest BCUT2D eigenvalue weighted by Gasteiger charge is -2.31. The number of nitrogens with zero attached hydrogens (tertiary/aromatic N) is 5. The van der Waals surface area contributed by atoms with Crippen molar-refractivity contribution < 1.29 is 18.0 Å². The van der Waals surface area contributed by atoms with Crippen LogP contribution < -0.4 is 5.32 Å². The van der Waals surface area contributed by atoms with Gasteiger partial charge in [0.15, 0.2) is 0 Å². The van der Waals surface area contributed by atoms with Crippen LogP contribution in [-0.2, 0) is 11.0 Å². The minimum Gasteiger partial charge on any atom is -0.310 e. The van der Waals surface area contributed by atoms with E-state index in [9.17, 15) is 18.0 Å². The molecule has 162 valence electrons. The van der Waals surface area contributed by atoms with Gasteiger partial charge in [-0.25, -0.2) is 4.98 Å². The van der Waals surface area contributed by atoms with Gasteiger partial charge in [0.2, 0.25) is 5.91 Å². The fourth-order valence-electron chi connectivity index (χ4n) is 3.38. The molecule has 4 heterocycles. The van der Waals surface area contributed by atoms with Crippen LogP contribution in [0.15, 0.2) is 42.9 Å². The zero-order valence-corrected chi connectivity index (χ0v) is 16.9. The van der Waals surface area contributed by atoms with E-state index in [0.29, 0.717) is 34.4 Å². The number of pyridine rings is 3. The Morgan fingerprint density at radius 1 is 1.00 bits per heavy atom. The van der Waals surface area contributed by atoms with Crippen molar-refractivity contribution in [3.63, 3.8) is 0 Å². The minimum atomic E-state index is -4.48. The summed E-state index contributed by atoms with van der Waals surface area (Å²) in [5.41, 5.74) is 0.801. The molecule has 7 nitrogen and oxygen atoms in total. The SMILES string of the molecule is CN1CCN(CC(=O)Nc2cc3cc(-c4ccc(C(F)(F)F)nc4)cnc3cn2)CC1. The highest BCUT2D eigenvalue weighted by Crippen LogP contribution is 2.29. The Balaban J connectivity index is 1.49. The monoisotopic (exact) mass is 430 g/mol. The van der Waals surface area contributed by atoms with Gasteiger partial charge >= 0.3 is 6.18 Å². The molecule has 1 amide bonds. The number of aromatic nitrogens is 3. The lowest BCUT2D eigenvalue weighted by molar-refractivity contribution is -0.141. The maximum absolute atomic E-state index is 12.7. The molecule has 0 bridgehead atoms. The average Bonchev–Trinajstić information content (AvgIpc) is 2.74. The molecular formula is C21H21F3N6O. The number of hydrogen-bond acceptors (Lipinski definition) is 6. The molecule has 0 atom stereocenters. The highest BCUT2D eigenvalue weighted by atomic mass is 19.4. The minimum absolute atomic E-state index is 0.146. The first-order chi connectivity index (χ1) is 14.8. The number of carbonyl (C=O) groups excluding carboxylic acids is 1. The molecule has 1 saturated heterocycles. The maximum atomic E-state index is 12.7. The highest BCUT2D eigenvalue weighted by Gasteiger charge is 2.32. The van der Waals surface area contributed by atoms with Crippen LogP contribution in [0, 0.1) is 0 Å². The number of rotatable bonds is 4. The predicted octanol–water partition coefficient (Wildman–Crippen LogP) is 2.90. The quantitative estimate of drug-likeness (QED) is 0.686. The number of alkyl halides is 3. The second-order valence-electron chi connectivity index (χ2n) is 7.54. The van der Waals surface area contributed by atoms with E-state index >= 15 is 0 Å². The molecule has 3 aromatic heterocycles. The van der Waals surface area contributed by atoms with Crippen molar-refractivity contribution in [3.8, 4) is 11.1 Å². The van der Waals surface area contributed by atoms with Crippen LogP contribution in [0.25, 0.3) is 22.0 Å². The van der Waals surface area contributed by atoms with Crippen LogP contribution in [0.5, 0.6) is 0 Å². The Hall–Kier alpha value is -3.11. The summed E-state index contributed by atoms with van der Waals surface area (Å²) in [6.45, 7) is 3.82. The fraction of sp³-hybridized carbons (Fsp3) is 0.333. The molecule has 1 aliphatic rings. The van der Waals surface area contributed by atoms with E-state index in [0.717, 1.165) is 32.2 Å². The van der Waals surface area contributed by atoms with Gasteiger partial charge < -0.3 is 10.2 Å². The second-order valence-corrected chi connectivity index (χ2v) is 7.54. The van der Waals surface area contributed by atoms with Crippen LogP contribution in [0.2, 0.25) is 0 Å². The van der Waals surface area contributed by atoms with E-state index < -0.39 is 11.9 Å². The molecule has 0 aromatic carbocycles. The molecular weight excluding hydrogens is 409 g/mol. The van der Waals surface area contributed by atoms with Crippen LogP contribution in [0.1, 0.15) is 5.69 Å². The van der Waals surface area contributed by atoms with Crippen LogP contribution in [0.3, 0.4) is 0 Å². The van der Waals surface area contributed by atoms with Gasteiger partial charge in [-0.15, -0.1) is 0 Å². The molecule has 3 aromatic rings. The van der Waals surface area contributed by atoms with Gasteiger partial charge in [0.05, 0.1) is 18.3 Å². The zero-order valence-electron chi connectivity index (χ0n) is 16.9. The Morgan fingerprint density at radius 2 is 1.74 bits per heavy atom. The van der Waals surface area contributed by atoms with Gasteiger partial charge in [-0.05, 0) is 25.2 Å². The van der Waals surface area contributed by atoms with E-state index in [1.807, 2.05) is 0 Å². The summed E-state index contributed by atoms with van der Waals surface area (Å²) in [5, 5.41) is 3.52. The van der Waals surface area contributed by atoms with Gasteiger partial charge in [0, 0.05) is 55.1 Å². The molecule has 31 heavy (non-hydrogen) atoms. The number of likely N-dealkylation sites (N-methyl/N-ethyl adjacent to an activating group) is 1. The Kier molecular flexibility index (Phi) is 5.84. The lowest BCUT2D eigenvalue weighted by Crippen LogP contribution is -2.47. The number of anilines is 1. The number of piperazine rings is 1. The van der Waals surface area contributed by atoms with Gasteiger partial charge in [0.1, 0.15) is 11.5 Å². The second kappa shape index (κ2) is 8.56. The standard InChI is InChI=1S/C21H21F3N6O/c1-29-4-6-30(7-5-29)13-20(31)28-19-9-15-8-16(11-25-17(15)12-27-19)14-2-3-18(26-10-14)21(22,23)24/h2-3,8-12H,4-7,13H2,1H3,(H,27,28,31). The first-order valence-corrected chi connectivity index (χ1v) is 9.78. The third kappa shape index (κ3) is 5.15. The molecule has 4 rings (SSSR count). The normalized spacial score (nSPS) is 15.9. The van der Waals surface area contributed by atoms with Gasteiger partial charge in [-0.3, -0.25) is 19.7 Å². The highest BCUT2D eigenvalue weighted by molar-refractivity contribution is 5.93. The largest absolute Gasteiger partial charge is 0.433 e. The molecule has 1 aliphatic heterocycles. The number of carbonyl (C=O) groups is 1. The first-order valence-electron chi connectivity index (χ1n) is 9.78. The van der Waals surface area contributed by atoms with Gasteiger partial charge in [-0.2, -0.15) is 13.2 Å². The molecule has 0 aliphatic carbocycles. The van der Waals surface area contributed by atoms with Gasteiger partial charge in [0.25, 0.3) is 0 Å². The summed E-state index contributed by atoms with van der Waals surface area (Å²) < 4.78 is 38.2. The average molecular weight is 430 g/mol. The Labute approximate surface area is 176 Å². The third-order valence-electron chi connectivity index (χ3n) is 5.19. The van der Waals surface area contributed by atoms with Crippen molar-refractivity contribution in [1.29, 1.82) is 0 Å². The lowest BCUT2D eigenvalue weighted by atomic mass is 10.1. The van der Waals surface area contributed by atoms with Crippen molar-refractivity contribution in [2.24, 2.45) is 0 Å². The van der Waals surface area contributed by atoms with E-state index in [1.165, 1.54) is 12.3 Å². The summed E-state index contributed by atoms with van der Waals surface area (Å²) in [7, 11) is 2.06. The molecule has 1 N–H and O–H groups in total. The molecule has 0 unspecified atom stereocenters. The van der Waals surface area contributed by atoms with Crippen LogP contribution >= 0.6 is 0 Å². The summed E-state index contributed by atoms with van der Waals surface area (Å²) >= 11 is 0.